The van der Waals surface area contributed by atoms with Gasteiger partial charge in [-0.1, -0.05) is 19.9 Å². The molecule has 2 rings (SSSR count). The number of hydrogen-bond donors (Lipinski definition) is 1. The average Bonchev–Trinajstić information content (AvgIpc) is 2.92. The number of hydrogen-bond acceptors (Lipinski definition) is 5. The molecule has 0 saturated carbocycles. The summed E-state index contributed by atoms with van der Waals surface area (Å²) >= 11 is 0. The smallest absolute Gasteiger partial charge is 0.232 e. The fraction of sp³-hybridized carbons (Fsp3) is 0.412. The molecule has 0 bridgehead atoms. The fourth-order valence-corrected chi connectivity index (χ4v) is 2.31. The van der Waals surface area contributed by atoms with E-state index in [-0.39, 0.29) is 30.1 Å². The first kappa shape index (κ1) is 17.9. The van der Waals surface area contributed by atoms with E-state index in [4.69, 9.17) is 9.68 Å². The van der Waals surface area contributed by atoms with Crippen LogP contribution < -0.4 is 5.32 Å². The van der Waals surface area contributed by atoms with Gasteiger partial charge in [0.1, 0.15) is 17.7 Å². The highest BCUT2D eigenvalue weighted by Crippen LogP contribution is 2.26. The van der Waals surface area contributed by atoms with E-state index >= 15 is 0 Å². The summed E-state index contributed by atoms with van der Waals surface area (Å²) in [5.74, 6) is -0.465. The first-order chi connectivity index (χ1) is 11.3. The Bertz CT molecular complexity index is 750. The van der Waals surface area contributed by atoms with E-state index in [1.54, 1.807) is 19.0 Å². The SMILES string of the molecule is CC(C)c1nc(C#N)c(NC[C@@H](c2ccc(F)cc2F)N(C)C)o1. The predicted octanol–water partition coefficient (Wildman–Crippen LogP) is 3.66. The highest BCUT2D eigenvalue weighted by atomic mass is 19.1. The minimum absolute atomic E-state index is 0.0480. The van der Waals surface area contributed by atoms with Crippen molar-refractivity contribution in [1.29, 1.82) is 5.26 Å². The minimum Gasteiger partial charge on any atom is -0.424 e. The van der Waals surface area contributed by atoms with E-state index in [1.165, 1.54) is 12.1 Å². The van der Waals surface area contributed by atoms with Gasteiger partial charge in [-0.25, -0.2) is 13.8 Å². The molecular weight excluding hydrogens is 314 g/mol. The summed E-state index contributed by atoms with van der Waals surface area (Å²) in [5, 5.41) is 12.2. The quantitative estimate of drug-likeness (QED) is 0.873. The Morgan fingerprint density at radius 1 is 1.33 bits per heavy atom. The zero-order valence-electron chi connectivity index (χ0n) is 14.1. The molecule has 5 nitrogen and oxygen atoms in total. The normalized spacial score (nSPS) is 12.5. The Balaban J connectivity index is 2.22. The zero-order valence-corrected chi connectivity index (χ0v) is 14.1. The number of nitriles is 1. The van der Waals surface area contributed by atoms with Crippen molar-refractivity contribution < 1.29 is 13.2 Å². The largest absolute Gasteiger partial charge is 0.424 e. The Morgan fingerprint density at radius 2 is 2.04 bits per heavy atom. The second kappa shape index (κ2) is 7.41. The van der Waals surface area contributed by atoms with Crippen LogP contribution >= 0.6 is 0 Å². The van der Waals surface area contributed by atoms with Crippen LogP contribution in [0.3, 0.4) is 0 Å². The van der Waals surface area contributed by atoms with Crippen molar-refractivity contribution in [2.24, 2.45) is 0 Å². The van der Waals surface area contributed by atoms with Gasteiger partial charge in [0.15, 0.2) is 0 Å². The lowest BCUT2D eigenvalue weighted by Crippen LogP contribution is -2.27. The van der Waals surface area contributed by atoms with Crippen LogP contribution in [0.4, 0.5) is 14.7 Å². The van der Waals surface area contributed by atoms with Crippen LogP contribution in [0.25, 0.3) is 0 Å². The predicted molar refractivity (Wildman–Crippen MR) is 86.6 cm³/mol. The highest BCUT2D eigenvalue weighted by Gasteiger charge is 2.21. The van der Waals surface area contributed by atoms with Gasteiger partial charge in [-0.15, -0.1) is 0 Å². The third kappa shape index (κ3) is 3.89. The average molecular weight is 334 g/mol. The molecule has 0 radical (unpaired) electrons. The van der Waals surface area contributed by atoms with Crippen LogP contribution in [0, 0.1) is 23.0 Å². The number of nitrogens with one attached hydrogen (secondary N) is 1. The molecule has 128 valence electrons. The Hall–Kier alpha value is -2.46. The Kier molecular flexibility index (Phi) is 5.52. The van der Waals surface area contributed by atoms with Crippen molar-refractivity contribution in [1.82, 2.24) is 9.88 Å². The van der Waals surface area contributed by atoms with Gasteiger partial charge in [0, 0.05) is 24.1 Å². The summed E-state index contributed by atoms with van der Waals surface area (Å²) in [5.41, 5.74) is 0.520. The molecule has 24 heavy (non-hydrogen) atoms. The van der Waals surface area contributed by atoms with Gasteiger partial charge >= 0.3 is 0 Å². The van der Waals surface area contributed by atoms with Gasteiger partial charge in [0.2, 0.25) is 17.5 Å². The maximum atomic E-state index is 14.1. The molecule has 0 fully saturated rings. The van der Waals surface area contributed by atoms with Gasteiger partial charge in [-0.2, -0.15) is 5.26 Å². The zero-order chi connectivity index (χ0) is 17.9. The number of likely N-dealkylation sites (N-methyl/N-ethyl adjacent to an activating group) is 1. The number of oxazole rings is 1. The molecule has 1 N–H and O–H groups in total. The lowest BCUT2D eigenvalue weighted by molar-refractivity contribution is 0.302. The molecule has 7 heteroatoms. The fourth-order valence-electron chi connectivity index (χ4n) is 2.31. The van der Waals surface area contributed by atoms with Crippen molar-refractivity contribution in [3.05, 3.63) is 47.0 Å². The number of rotatable bonds is 6. The summed E-state index contributed by atoms with van der Waals surface area (Å²) in [7, 11) is 3.58. The van der Waals surface area contributed by atoms with Crippen LogP contribution in [0.2, 0.25) is 0 Å². The van der Waals surface area contributed by atoms with Crippen LogP contribution in [0.15, 0.2) is 22.6 Å². The van der Waals surface area contributed by atoms with Crippen molar-refractivity contribution >= 4 is 5.88 Å². The molecule has 1 atom stereocenters. The third-order valence-electron chi connectivity index (χ3n) is 3.64. The van der Waals surface area contributed by atoms with Gasteiger partial charge in [-0.05, 0) is 20.2 Å². The molecule has 0 aliphatic heterocycles. The third-order valence-corrected chi connectivity index (χ3v) is 3.64. The lowest BCUT2D eigenvalue weighted by atomic mass is 10.1. The summed E-state index contributed by atoms with van der Waals surface area (Å²) in [6.45, 7) is 4.09. The number of nitrogens with zero attached hydrogens (tertiary/aromatic N) is 3. The molecule has 0 spiro atoms. The molecule has 0 aliphatic rings. The van der Waals surface area contributed by atoms with Crippen LogP contribution in [-0.2, 0) is 0 Å². The van der Waals surface area contributed by atoms with Crippen LogP contribution in [0.1, 0.15) is 43.0 Å². The van der Waals surface area contributed by atoms with Crippen molar-refractivity contribution in [2.75, 3.05) is 26.0 Å². The van der Waals surface area contributed by atoms with Gasteiger partial charge in [0.05, 0.1) is 6.04 Å². The van der Waals surface area contributed by atoms with Crippen molar-refractivity contribution in [2.45, 2.75) is 25.8 Å². The summed E-state index contributed by atoms with van der Waals surface area (Å²) in [6, 6.07) is 5.11. The molecule has 0 saturated heterocycles. The van der Waals surface area contributed by atoms with E-state index in [0.717, 1.165) is 6.07 Å². The number of anilines is 1. The van der Waals surface area contributed by atoms with Crippen molar-refractivity contribution in [3.63, 3.8) is 0 Å². The molecule has 1 aromatic heterocycles. The number of aromatic nitrogens is 1. The molecule has 1 heterocycles. The van der Waals surface area contributed by atoms with Gasteiger partial charge in [-0.3, -0.25) is 0 Å². The van der Waals surface area contributed by atoms with E-state index in [1.807, 2.05) is 19.9 Å². The van der Waals surface area contributed by atoms with Crippen LogP contribution in [0.5, 0.6) is 0 Å². The van der Waals surface area contributed by atoms with Gasteiger partial charge in [0.25, 0.3) is 0 Å². The first-order valence-electron chi connectivity index (χ1n) is 7.59. The topological polar surface area (TPSA) is 65.1 Å². The summed E-state index contributed by atoms with van der Waals surface area (Å²) < 4.78 is 32.7. The second-order valence-electron chi connectivity index (χ2n) is 6.02. The van der Waals surface area contributed by atoms with E-state index < -0.39 is 11.6 Å². The summed E-state index contributed by atoms with van der Waals surface area (Å²) in [6.07, 6.45) is 0. The number of benzene rings is 1. The van der Waals surface area contributed by atoms with Crippen LogP contribution in [-0.4, -0.2) is 30.5 Å². The second-order valence-corrected chi connectivity index (χ2v) is 6.02. The van der Waals surface area contributed by atoms with Crippen molar-refractivity contribution in [3.8, 4) is 6.07 Å². The molecule has 0 aliphatic carbocycles. The molecule has 0 unspecified atom stereocenters. The highest BCUT2D eigenvalue weighted by molar-refractivity contribution is 5.46. The summed E-state index contributed by atoms with van der Waals surface area (Å²) in [4.78, 5) is 5.93. The lowest BCUT2D eigenvalue weighted by Gasteiger charge is -2.25. The van der Waals surface area contributed by atoms with E-state index in [2.05, 4.69) is 10.3 Å². The molecule has 2 aromatic rings. The minimum atomic E-state index is -0.620. The molecule has 1 aromatic carbocycles. The maximum Gasteiger partial charge on any atom is 0.232 e. The van der Waals surface area contributed by atoms with E-state index in [9.17, 15) is 8.78 Å². The maximum absolute atomic E-state index is 14.1. The molecule has 0 amide bonds. The van der Waals surface area contributed by atoms with E-state index in [0.29, 0.717) is 11.5 Å². The van der Waals surface area contributed by atoms with Gasteiger partial charge < -0.3 is 14.6 Å². The first-order valence-corrected chi connectivity index (χ1v) is 7.59. The monoisotopic (exact) mass is 334 g/mol. The number of halogens is 2. The Labute approximate surface area is 139 Å². The Morgan fingerprint density at radius 3 is 2.58 bits per heavy atom. The molecular formula is C17H20F2N4O. The standard InChI is InChI=1S/C17H20F2N4O/c1-10(2)16-22-14(8-20)17(24-16)21-9-15(23(3)4)12-6-5-11(18)7-13(12)19/h5-7,10,15,21H,9H2,1-4H3/t15-/m0/s1.